The fourth-order valence-electron chi connectivity index (χ4n) is 1.50. The number of carbonyl (C=O) groups is 2. The van der Waals surface area contributed by atoms with Crippen molar-refractivity contribution in [2.75, 3.05) is 25.2 Å². The van der Waals surface area contributed by atoms with Gasteiger partial charge in [0.05, 0.1) is 12.5 Å². The third-order valence-electron chi connectivity index (χ3n) is 2.16. The second-order valence-corrected chi connectivity index (χ2v) is 5.65. The van der Waals surface area contributed by atoms with Gasteiger partial charge >= 0.3 is 12.0 Å². The molecule has 3 unspecified atom stereocenters. The summed E-state index contributed by atoms with van der Waals surface area (Å²) in [6.45, 7) is 4.01. The van der Waals surface area contributed by atoms with Crippen molar-refractivity contribution >= 4 is 22.8 Å². The first-order valence-electron chi connectivity index (χ1n) is 6.02. The van der Waals surface area contributed by atoms with Crippen LogP contribution in [0.15, 0.2) is 0 Å². The van der Waals surface area contributed by atoms with Crippen LogP contribution in [0.2, 0.25) is 0 Å². The molecule has 3 N–H and O–H groups in total. The molecule has 3 atom stereocenters. The Labute approximate surface area is 115 Å². The average molecular weight is 294 g/mol. The molecule has 0 spiro atoms. The number of hydrogen-bond acceptors (Lipinski definition) is 4. The van der Waals surface area contributed by atoms with E-state index in [0.29, 0.717) is 12.4 Å². The van der Waals surface area contributed by atoms with E-state index >= 15 is 0 Å². The van der Waals surface area contributed by atoms with Crippen molar-refractivity contribution in [3.63, 3.8) is 0 Å². The summed E-state index contributed by atoms with van der Waals surface area (Å²) >= 11 is 0. The van der Waals surface area contributed by atoms with E-state index in [9.17, 15) is 13.8 Å². The van der Waals surface area contributed by atoms with Crippen LogP contribution < -0.4 is 10.6 Å². The zero-order valence-corrected chi connectivity index (χ0v) is 12.3. The van der Waals surface area contributed by atoms with Crippen LogP contribution in [0.1, 0.15) is 20.3 Å². The molecule has 7 nitrogen and oxygen atoms in total. The molecule has 8 heteroatoms. The van der Waals surface area contributed by atoms with Gasteiger partial charge in [-0.3, -0.25) is 9.00 Å². The van der Waals surface area contributed by atoms with E-state index in [2.05, 4.69) is 10.6 Å². The van der Waals surface area contributed by atoms with E-state index in [4.69, 9.17) is 9.84 Å². The fraction of sp³-hybridized carbons (Fsp3) is 0.818. The Morgan fingerprint density at radius 2 is 2.05 bits per heavy atom. The number of nitrogens with one attached hydrogen (secondary N) is 2. The van der Waals surface area contributed by atoms with Crippen LogP contribution in [0.3, 0.4) is 0 Å². The molecule has 2 amide bonds. The minimum atomic E-state index is -0.981. The molecular weight excluding hydrogens is 272 g/mol. The Morgan fingerprint density at radius 3 is 2.53 bits per heavy atom. The lowest BCUT2D eigenvalue weighted by atomic mass is 10.2. The summed E-state index contributed by atoms with van der Waals surface area (Å²) in [6.07, 6.45) is 0.848. The van der Waals surface area contributed by atoms with Gasteiger partial charge in [0.15, 0.2) is 0 Å². The van der Waals surface area contributed by atoms with Gasteiger partial charge in [-0.2, -0.15) is 0 Å². The third kappa shape index (κ3) is 10.5. The van der Waals surface area contributed by atoms with Crippen LogP contribution >= 0.6 is 0 Å². The van der Waals surface area contributed by atoms with Crippen molar-refractivity contribution in [2.45, 2.75) is 32.4 Å². The summed E-state index contributed by atoms with van der Waals surface area (Å²) in [4.78, 5) is 22.1. The average Bonchev–Trinajstić information content (AvgIpc) is 2.24. The van der Waals surface area contributed by atoms with Crippen molar-refractivity contribution in [2.24, 2.45) is 0 Å². The number of urea groups is 1. The molecular formula is C11H22N2O5S. The molecule has 0 aromatic rings. The second-order valence-electron chi connectivity index (χ2n) is 4.17. The minimum absolute atomic E-state index is 0.119. The number of amides is 2. The topological polar surface area (TPSA) is 105 Å². The molecule has 0 aromatic heterocycles. The number of carbonyl (C=O) groups excluding carboxylic acids is 1. The Balaban J connectivity index is 4.03. The number of ether oxygens (including phenoxy) is 1. The fourth-order valence-corrected chi connectivity index (χ4v) is 2.28. The molecule has 19 heavy (non-hydrogen) atoms. The Hall–Kier alpha value is -1.15. The van der Waals surface area contributed by atoms with E-state index in [1.54, 1.807) is 20.1 Å². The van der Waals surface area contributed by atoms with Crippen molar-refractivity contribution in [1.82, 2.24) is 10.6 Å². The van der Waals surface area contributed by atoms with E-state index in [1.807, 2.05) is 0 Å². The lowest BCUT2D eigenvalue weighted by Gasteiger charge is -2.17. The first kappa shape index (κ1) is 17.8. The highest BCUT2D eigenvalue weighted by molar-refractivity contribution is 7.84. The molecule has 0 saturated heterocycles. The van der Waals surface area contributed by atoms with E-state index in [1.165, 1.54) is 0 Å². The maximum absolute atomic E-state index is 11.5. The van der Waals surface area contributed by atoms with Gasteiger partial charge in [-0.25, -0.2) is 4.79 Å². The minimum Gasteiger partial charge on any atom is -0.481 e. The molecule has 0 aliphatic rings. The zero-order chi connectivity index (χ0) is 14.8. The predicted molar refractivity (Wildman–Crippen MR) is 72.6 cm³/mol. The summed E-state index contributed by atoms with van der Waals surface area (Å²) in [5, 5.41) is 13.8. The highest BCUT2D eigenvalue weighted by atomic mass is 32.2. The van der Waals surface area contributed by atoms with Gasteiger partial charge in [0.2, 0.25) is 0 Å². The Morgan fingerprint density at radius 1 is 1.42 bits per heavy atom. The van der Waals surface area contributed by atoms with Gasteiger partial charge in [-0.15, -0.1) is 0 Å². The first-order valence-corrected chi connectivity index (χ1v) is 7.75. The predicted octanol–water partition coefficient (Wildman–Crippen LogP) is -0.0676. The maximum atomic E-state index is 11.5. The van der Waals surface area contributed by atoms with Gasteiger partial charge in [-0.05, 0) is 13.8 Å². The summed E-state index contributed by atoms with van der Waals surface area (Å²) in [6, 6.07) is -0.635. The van der Waals surface area contributed by atoms with Crippen LogP contribution in [-0.2, 0) is 20.3 Å². The first-order chi connectivity index (χ1) is 8.85. The molecule has 0 radical (unpaired) electrons. The molecule has 0 saturated carbocycles. The Bertz CT molecular complexity index is 324. The van der Waals surface area contributed by atoms with Crippen molar-refractivity contribution in [3.8, 4) is 0 Å². The van der Waals surface area contributed by atoms with Gasteiger partial charge < -0.3 is 20.5 Å². The van der Waals surface area contributed by atoms with Crippen molar-refractivity contribution in [1.29, 1.82) is 0 Å². The van der Waals surface area contributed by atoms with Crippen molar-refractivity contribution < 1.29 is 23.6 Å². The monoisotopic (exact) mass is 294 g/mol. The molecule has 0 fully saturated rings. The molecule has 0 aliphatic carbocycles. The SMILES string of the molecule is CCOC(CNC(=O)NC(C)CS(C)=O)CC(=O)O. The molecule has 0 bridgehead atoms. The molecule has 112 valence electrons. The van der Waals surface area contributed by atoms with Crippen LogP contribution in [0, 0.1) is 0 Å². The van der Waals surface area contributed by atoms with E-state index in [0.717, 1.165) is 0 Å². The normalized spacial score (nSPS) is 15.3. The number of hydrogen-bond donors (Lipinski definition) is 3. The number of carboxylic acids is 1. The highest BCUT2D eigenvalue weighted by Crippen LogP contribution is 1.97. The summed E-state index contributed by atoms with van der Waals surface area (Å²) in [5.41, 5.74) is 0. The summed E-state index contributed by atoms with van der Waals surface area (Å²) < 4.78 is 16.2. The van der Waals surface area contributed by atoms with Crippen LogP contribution in [0.5, 0.6) is 0 Å². The quantitative estimate of drug-likeness (QED) is 0.552. The molecule has 0 aliphatic heterocycles. The smallest absolute Gasteiger partial charge is 0.315 e. The van der Waals surface area contributed by atoms with E-state index < -0.39 is 28.9 Å². The number of aliphatic carboxylic acids is 1. The molecule has 0 aromatic carbocycles. The standard InChI is InChI=1S/C11H22N2O5S/c1-4-18-9(5-10(14)15)6-12-11(16)13-8(2)7-19(3)17/h8-9H,4-7H2,1-3H3,(H,14,15)(H2,12,13,16). The van der Waals surface area contributed by atoms with Crippen molar-refractivity contribution in [3.05, 3.63) is 0 Å². The van der Waals surface area contributed by atoms with Crippen LogP contribution in [0.4, 0.5) is 4.79 Å². The van der Waals surface area contributed by atoms with Crippen LogP contribution in [0.25, 0.3) is 0 Å². The lowest BCUT2D eigenvalue weighted by Crippen LogP contribution is -2.45. The maximum Gasteiger partial charge on any atom is 0.315 e. The van der Waals surface area contributed by atoms with Gasteiger partial charge in [0, 0.05) is 42.0 Å². The Kier molecular flexibility index (Phi) is 9.15. The third-order valence-corrected chi connectivity index (χ3v) is 3.13. The van der Waals surface area contributed by atoms with Gasteiger partial charge in [0.1, 0.15) is 0 Å². The summed E-state index contributed by atoms with van der Waals surface area (Å²) in [5.74, 6) is -0.604. The largest absolute Gasteiger partial charge is 0.481 e. The van der Waals surface area contributed by atoms with E-state index in [-0.39, 0.29) is 19.0 Å². The lowest BCUT2D eigenvalue weighted by molar-refractivity contribution is -0.140. The van der Waals surface area contributed by atoms with Gasteiger partial charge in [-0.1, -0.05) is 0 Å². The number of carboxylic acid groups (broad SMARTS) is 1. The van der Waals surface area contributed by atoms with Gasteiger partial charge in [0.25, 0.3) is 0 Å². The molecule has 0 heterocycles. The molecule has 0 rings (SSSR count). The highest BCUT2D eigenvalue weighted by Gasteiger charge is 2.15. The number of rotatable bonds is 9. The zero-order valence-electron chi connectivity index (χ0n) is 11.5. The van der Waals surface area contributed by atoms with Crippen LogP contribution in [-0.4, -0.2) is 58.6 Å². The summed E-state index contributed by atoms with van der Waals surface area (Å²) in [7, 11) is -0.981. The second kappa shape index (κ2) is 9.74.